The van der Waals surface area contributed by atoms with E-state index in [9.17, 15) is 4.79 Å². The van der Waals surface area contributed by atoms with Gasteiger partial charge in [0.2, 0.25) is 0 Å². The fourth-order valence-corrected chi connectivity index (χ4v) is 2.27. The standard InChI is InChI=1S/C15H20N2O/c1-16-14-10-6-5-9-13(14)15(18)17-11-12-7-3-2-4-8-12/h2-3,5-6,9-10,12,16H,4,7-8,11H2,1H3,(H,17,18). The Morgan fingerprint density at radius 2 is 2.17 bits per heavy atom. The SMILES string of the molecule is CNc1ccccc1C(=O)NCC1CC=CCC1. The number of benzene rings is 1. The van der Waals surface area contributed by atoms with Gasteiger partial charge in [-0.3, -0.25) is 4.79 Å². The van der Waals surface area contributed by atoms with E-state index in [0.717, 1.165) is 25.1 Å². The monoisotopic (exact) mass is 244 g/mol. The molecule has 0 saturated heterocycles. The molecule has 0 aromatic heterocycles. The second-order valence-electron chi connectivity index (χ2n) is 4.66. The van der Waals surface area contributed by atoms with Crippen molar-refractivity contribution in [1.82, 2.24) is 5.32 Å². The van der Waals surface area contributed by atoms with E-state index in [1.807, 2.05) is 31.3 Å². The molecule has 1 aliphatic carbocycles. The quantitative estimate of drug-likeness (QED) is 0.800. The molecule has 0 saturated carbocycles. The van der Waals surface area contributed by atoms with E-state index in [1.165, 1.54) is 6.42 Å². The summed E-state index contributed by atoms with van der Waals surface area (Å²) in [5.74, 6) is 0.593. The number of allylic oxidation sites excluding steroid dienone is 2. The van der Waals surface area contributed by atoms with E-state index < -0.39 is 0 Å². The molecule has 2 rings (SSSR count). The summed E-state index contributed by atoms with van der Waals surface area (Å²) in [7, 11) is 1.83. The van der Waals surface area contributed by atoms with Crippen LogP contribution in [0.1, 0.15) is 29.6 Å². The van der Waals surface area contributed by atoms with Gasteiger partial charge in [0.15, 0.2) is 0 Å². The maximum absolute atomic E-state index is 12.1. The number of hydrogen-bond donors (Lipinski definition) is 2. The summed E-state index contributed by atoms with van der Waals surface area (Å²) in [6, 6.07) is 7.58. The zero-order chi connectivity index (χ0) is 12.8. The zero-order valence-electron chi connectivity index (χ0n) is 10.8. The van der Waals surface area contributed by atoms with Gasteiger partial charge in [-0.2, -0.15) is 0 Å². The highest BCUT2D eigenvalue weighted by molar-refractivity contribution is 5.99. The Bertz CT molecular complexity index is 440. The summed E-state index contributed by atoms with van der Waals surface area (Å²) >= 11 is 0. The number of rotatable bonds is 4. The van der Waals surface area contributed by atoms with Crippen LogP contribution in [0, 0.1) is 5.92 Å². The smallest absolute Gasteiger partial charge is 0.253 e. The minimum atomic E-state index is 0.00880. The van der Waals surface area contributed by atoms with Crippen LogP contribution >= 0.6 is 0 Å². The van der Waals surface area contributed by atoms with E-state index in [1.54, 1.807) is 0 Å². The van der Waals surface area contributed by atoms with Gasteiger partial charge < -0.3 is 10.6 Å². The van der Waals surface area contributed by atoms with Gasteiger partial charge >= 0.3 is 0 Å². The molecule has 96 valence electrons. The Hall–Kier alpha value is -1.77. The van der Waals surface area contributed by atoms with Crippen molar-refractivity contribution in [2.45, 2.75) is 19.3 Å². The molecule has 0 fully saturated rings. The minimum Gasteiger partial charge on any atom is -0.387 e. The van der Waals surface area contributed by atoms with Crippen molar-refractivity contribution >= 4 is 11.6 Å². The first kappa shape index (κ1) is 12.7. The number of anilines is 1. The van der Waals surface area contributed by atoms with Crippen molar-refractivity contribution in [3.05, 3.63) is 42.0 Å². The molecule has 2 N–H and O–H groups in total. The van der Waals surface area contributed by atoms with Crippen molar-refractivity contribution in [1.29, 1.82) is 0 Å². The van der Waals surface area contributed by atoms with Crippen LogP contribution in [0.5, 0.6) is 0 Å². The van der Waals surface area contributed by atoms with Crippen molar-refractivity contribution in [2.24, 2.45) is 5.92 Å². The number of carbonyl (C=O) groups is 1. The lowest BCUT2D eigenvalue weighted by molar-refractivity contribution is 0.0947. The molecule has 3 nitrogen and oxygen atoms in total. The third kappa shape index (κ3) is 3.13. The predicted molar refractivity (Wildman–Crippen MR) is 74.8 cm³/mol. The molecule has 0 aliphatic heterocycles. The molecular weight excluding hydrogens is 224 g/mol. The first-order valence-electron chi connectivity index (χ1n) is 6.51. The Balaban J connectivity index is 1.93. The Morgan fingerprint density at radius 3 is 2.89 bits per heavy atom. The summed E-state index contributed by atoms with van der Waals surface area (Å²) in [5, 5.41) is 6.07. The average Bonchev–Trinajstić information content (AvgIpc) is 2.45. The summed E-state index contributed by atoms with van der Waals surface area (Å²) in [6.45, 7) is 0.765. The molecule has 3 heteroatoms. The lowest BCUT2D eigenvalue weighted by Gasteiger charge is -2.18. The highest BCUT2D eigenvalue weighted by Gasteiger charge is 2.13. The Labute approximate surface area is 108 Å². The number of hydrogen-bond acceptors (Lipinski definition) is 2. The number of para-hydroxylation sites is 1. The first-order valence-corrected chi connectivity index (χ1v) is 6.51. The lowest BCUT2D eigenvalue weighted by atomic mass is 9.94. The normalized spacial score (nSPS) is 18.4. The van der Waals surface area contributed by atoms with Crippen molar-refractivity contribution in [3.8, 4) is 0 Å². The molecule has 1 amide bonds. The maximum Gasteiger partial charge on any atom is 0.253 e. The van der Waals surface area contributed by atoms with Gasteiger partial charge in [0.1, 0.15) is 0 Å². The molecule has 1 atom stereocenters. The summed E-state index contributed by atoms with van der Waals surface area (Å²) in [4.78, 5) is 12.1. The molecule has 1 aromatic carbocycles. The van der Waals surface area contributed by atoms with Crippen LogP contribution in [0.3, 0.4) is 0 Å². The molecule has 1 unspecified atom stereocenters. The third-order valence-corrected chi connectivity index (χ3v) is 3.37. The first-order chi connectivity index (χ1) is 8.81. The van der Waals surface area contributed by atoms with E-state index in [0.29, 0.717) is 11.5 Å². The molecule has 1 aliphatic rings. The van der Waals surface area contributed by atoms with Gasteiger partial charge in [-0.25, -0.2) is 0 Å². The maximum atomic E-state index is 12.1. The van der Waals surface area contributed by atoms with Gasteiger partial charge in [-0.05, 0) is 37.3 Å². The van der Waals surface area contributed by atoms with Gasteiger partial charge in [0.25, 0.3) is 5.91 Å². The zero-order valence-corrected chi connectivity index (χ0v) is 10.8. The van der Waals surface area contributed by atoms with E-state index in [2.05, 4.69) is 22.8 Å². The van der Waals surface area contributed by atoms with Crippen molar-refractivity contribution < 1.29 is 4.79 Å². The molecule has 1 aromatic rings. The van der Waals surface area contributed by atoms with E-state index in [-0.39, 0.29) is 5.91 Å². The number of carbonyl (C=O) groups excluding carboxylic acids is 1. The fourth-order valence-electron chi connectivity index (χ4n) is 2.27. The predicted octanol–water partition coefficient (Wildman–Crippen LogP) is 2.81. The second kappa shape index (κ2) is 6.24. The molecule has 18 heavy (non-hydrogen) atoms. The number of nitrogens with one attached hydrogen (secondary N) is 2. The van der Waals surface area contributed by atoms with Crippen LogP contribution in [0.2, 0.25) is 0 Å². The fraction of sp³-hybridized carbons (Fsp3) is 0.400. The van der Waals surface area contributed by atoms with Gasteiger partial charge in [-0.15, -0.1) is 0 Å². The summed E-state index contributed by atoms with van der Waals surface area (Å²) in [6.07, 6.45) is 7.81. The van der Waals surface area contributed by atoms with Gasteiger partial charge in [0, 0.05) is 19.3 Å². The molecule has 0 heterocycles. The van der Waals surface area contributed by atoms with Gasteiger partial charge in [0.05, 0.1) is 5.56 Å². The van der Waals surface area contributed by atoms with E-state index in [4.69, 9.17) is 0 Å². The largest absolute Gasteiger partial charge is 0.387 e. The van der Waals surface area contributed by atoms with Crippen molar-refractivity contribution in [2.75, 3.05) is 18.9 Å². The van der Waals surface area contributed by atoms with Crippen LogP contribution < -0.4 is 10.6 Å². The van der Waals surface area contributed by atoms with Crippen LogP contribution in [-0.4, -0.2) is 19.5 Å². The number of amides is 1. The van der Waals surface area contributed by atoms with Crippen LogP contribution in [0.15, 0.2) is 36.4 Å². The topological polar surface area (TPSA) is 41.1 Å². The van der Waals surface area contributed by atoms with Crippen molar-refractivity contribution in [3.63, 3.8) is 0 Å². The summed E-state index contributed by atoms with van der Waals surface area (Å²) in [5.41, 5.74) is 1.59. The van der Waals surface area contributed by atoms with Gasteiger partial charge in [-0.1, -0.05) is 24.3 Å². The third-order valence-electron chi connectivity index (χ3n) is 3.37. The minimum absolute atomic E-state index is 0.00880. The van der Waals surface area contributed by atoms with Crippen LogP contribution in [-0.2, 0) is 0 Å². The molecule has 0 spiro atoms. The Morgan fingerprint density at radius 1 is 1.33 bits per heavy atom. The molecular formula is C15H20N2O. The summed E-state index contributed by atoms with van der Waals surface area (Å²) < 4.78 is 0. The highest BCUT2D eigenvalue weighted by atomic mass is 16.1. The highest BCUT2D eigenvalue weighted by Crippen LogP contribution is 2.18. The molecule has 0 radical (unpaired) electrons. The lowest BCUT2D eigenvalue weighted by Crippen LogP contribution is -2.30. The average molecular weight is 244 g/mol. The van der Waals surface area contributed by atoms with Crippen LogP contribution in [0.4, 0.5) is 5.69 Å². The Kier molecular flexibility index (Phi) is 4.40. The molecule has 0 bridgehead atoms. The second-order valence-corrected chi connectivity index (χ2v) is 4.66. The van der Waals surface area contributed by atoms with Crippen LogP contribution in [0.25, 0.3) is 0 Å². The van der Waals surface area contributed by atoms with E-state index >= 15 is 0 Å².